The molecular formula is C13H21NO6. The van der Waals surface area contributed by atoms with Crippen LogP contribution < -0.4 is 10.0 Å². The van der Waals surface area contributed by atoms with E-state index in [0.29, 0.717) is 32.9 Å². The number of nitrogens with one attached hydrogen (secondary N) is 1. The molecule has 2 fully saturated rings. The molecule has 0 aliphatic carbocycles. The van der Waals surface area contributed by atoms with Gasteiger partial charge in [0, 0.05) is 12.6 Å². The molecule has 1 N–H and O–H groups in total. The SMILES string of the molecule is O=C([O-])C[C@@H](C(=O)OC[C@@H]1CCCO1)[NH+]1CCOCC1. The second-order valence-electron chi connectivity index (χ2n) is 5.16. The third-order valence-electron chi connectivity index (χ3n) is 3.72. The summed E-state index contributed by atoms with van der Waals surface area (Å²) in [5, 5.41) is 10.8. The van der Waals surface area contributed by atoms with Gasteiger partial charge in [0.25, 0.3) is 0 Å². The van der Waals surface area contributed by atoms with Crippen LogP contribution in [-0.2, 0) is 23.8 Å². The van der Waals surface area contributed by atoms with Gasteiger partial charge in [-0.2, -0.15) is 0 Å². The lowest BCUT2D eigenvalue weighted by molar-refractivity contribution is -0.924. The fraction of sp³-hybridized carbons (Fsp3) is 0.846. The van der Waals surface area contributed by atoms with E-state index < -0.39 is 18.0 Å². The summed E-state index contributed by atoms with van der Waals surface area (Å²) in [6.07, 6.45) is 1.48. The van der Waals surface area contributed by atoms with Gasteiger partial charge in [0.05, 0.1) is 25.7 Å². The summed E-state index contributed by atoms with van der Waals surface area (Å²) in [5.74, 6) is -1.72. The zero-order valence-corrected chi connectivity index (χ0v) is 11.5. The monoisotopic (exact) mass is 287 g/mol. The number of hydrogen-bond donors (Lipinski definition) is 1. The molecule has 114 valence electrons. The van der Waals surface area contributed by atoms with Crippen molar-refractivity contribution in [3.05, 3.63) is 0 Å². The van der Waals surface area contributed by atoms with Crippen molar-refractivity contribution in [3.8, 4) is 0 Å². The second kappa shape index (κ2) is 7.56. The van der Waals surface area contributed by atoms with E-state index in [-0.39, 0.29) is 19.1 Å². The molecule has 0 aromatic heterocycles. The van der Waals surface area contributed by atoms with Gasteiger partial charge in [-0.25, -0.2) is 4.79 Å². The van der Waals surface area contributed by atoms with Gasteiger partial charge in [-0.3, -0.25) is 0 Å². The van der Waals surface area contributed by atoms with Crippen molar-refractivity contribution in [2.75, 3.05) is 39.5 Å². The van der Waals surface area contributed by atoms with E-state index in [2.05, 4.69) is 0 Å². The normalized spacial score (nSPS) is 25.3. The predicted molar refractivity (Wildman–Crippen MR) is 64.9 cm³/mol. The van der Waals surface area contributed by atoms with Crippen molar-refractivity contribution >= 4 is 11.9 Å². The Kier molecular flexibility index (Phi) is 5.75. The maximum Gasteiger partial charge on any atom is 0.365 e. The van der Waals surface area contributed by atoms with Crippen LogP contribution in [0.2, 0.25) is 0 Å². The first-order valence-corrected chi connectivity index (χ1v) is 7.07. The Hall–Kier alpha value is -1.18. The van der Waals surface area contributed by atoms with Crippen molar-refractivity contribution in [2.24, 2.45) is 0 Å². The molecule has 0 spiro atoms. The first-order valence-electron chi connectivity index (χ1n) is 7.07. The average molecular weight is 287 g/mol. The van der Waals surface area contributed by atoms with Gasteiger partial charge in [0.2, 0.25) is 0 Å². The molecule has 0 radical (unpaired) electrons. The standard InChI is InChI=1S/C13H21NO6/c15-12(16)8-11(14-3-6-18-7-4-14)13(17)20-9-10-2-1-5-19-10/h10-11H,1-9H2,(H,15,16)/t10-,11-/m0/s1. The number of ether oxygens (including phenoxy) is 3. The summed E-state index contributed by atoms with van der Waals surface area (Å²) in [7, 11) is 0. The number of rotatable bonds is 6. The summed E-state index contributed by atoms with van der Waals surface area (Å²) in [6, 6.07) is -0.717. The predicted octanol–water partition coefficient (Wildman–Crippen LogP) is -2.87. The number of esters is 1. The molecule has 2 aliphatic rings. The first kappa shape index (κ1) is 15.2. The van der Waals surface area contributed by atoms with Crippen molar-refractivity contribution in [1.82, 2.24) is 0 Å². The Balaban J connectivity index is 1.86. The highest BCUT2D eigenvalue weighted by Crippen LogP contribution is 2.12. The largest absolute Gasteiger partial charge is 0.550 e. The summed E-state index contributed by atoms with van der Waals surface area (Å²) in [4.78, 5) is 23.8. The number of carboxylic acids is 1. The van der Waals surface area contributed by atoms with Gasteiger partial charge in [-0.1, -0.05) is 0 Å². The molecule has 2 heterocycles. The molecule has 0 amide bonds. The van der Waals surface area contributed by atoms with E-state index >= 15 is 0 Å². The zero-order chi connectivity index (χ0) is 14.4. The quantitative estimate of drug-likeness (QED) is 0.528. The van der Waals surface area contributed by atoms with Crippen LogP contribution in [0.1, 0.15) is 19.3 Å². The van der Waals surface area contributed by atoms with Crippen molar-refractivity contribution in [2.45, 2.75) is 31.4 Å². The van der Waals surface area contributed by atoms with Crippen molar-refractivity contribution in [3.63, 3.8) is 0 Å². The van der Waals surface area contributed by atoms with Gasteiger partial charge >= 0.3 is 5.97 Å². The minimum atomic E-state index is -1.23. The summed E-state index contributed by atoms with van der Waals surface area (Å²) < 4.78 is 15.8. The lowest BCUT2D eigenvalue weighted by atomic mass is 10.1. The summed E-state index contributed by atoms with van der Waals surface area (Å²) in [5.41, 5.74) is 0. The number of morpholine rings is 1. The molecule has 20 heavy (non-hydrogen) atoms. The van der Waals surface area contributed by atoms with Gasteiger partial charge in [0.1, 0.15) is 19.7 Å². The molecular weight excluding hydrogens is 266 g/mol. The Morgan fingerprint density at radius 2 is 2.05 bits per heavy atom. The Labute approximate surface area is 117 Å². The molecule has 2 rings (SSSR count). The topological polar surface area (TPSA) is 89.3 Å². The number of hydrogen-bond acceptors (Lipinski definition) is 6. The number of aliphatic carboxylic acids is 1. The van der Waals surface area contributed by atoms with Crippen LogP contribution in [0.15, 0.2) is 0 Å². The molecule has 0 bridgehead atoms. The lowest BCUT2D eigenvalue weighted by Gasteiger charge is -2.30. The molecule has 0 saturated carbocycles. The fourth-order valence-corrected chi connectivity index (χ4v) is 2.59. The number of quaternary nitrogens is 1. The maximum atomic E-state index is 12.1. The van der Waals surface area contributed by atoms with Crippen LogP contribution in [0, 0.1) is 0 Å². The van der Waals surface area contributed by atoms with Crippen LogP contribution in [0.25, 0.3) is 0 Å². The van der Waals surface area contributed by atoms with E-state index in [1.54, 1.807) is 0 Å². The molecule has 7 nitrogen and oxygen atoms in total. The second-order valence-corrected chi connectivity index (χ2v) is 5.16. The minimum Gasteiger partial charge on any atom is -0.550 e. The van der Waals surface area contributed by atoms with Crippen LogP contribution in [0.3, 0.4) is 0 Å². The van der Waals surface area contributed by atoms with Crippen LogP contribution in [0.5, 0.6) is 0 Å². The highest BCUT2D eigenvalue weighted by molar-refractivity contribution is 5.80. The summed E-state index contributed by atoms with van der Waals surface area (Å²) in [6.45, 7) is 3.15. The van der Waals surface area contributed by atoms with Gasteiger partial charge < -0.3 is 29.0 Å². The van der Waals surface area contributed by atoms with Crippen LogP contribution >= 0.6 is 0 Å². The molecule has 0 aromatic carbocycles. The Morgan fingerprint density at radius 1 is 1.30 bits per heavy atom. The average Bonchev–Trinajstić information content (AvgIpc) is 2.96. The maximum absolute atomic E-state index is 12.1. The summed E-state index contributed by atoms with van der Waals surface area (Å²) >= 11 is 0. The lowest BCUT2D eigenvalue weighted by Crippen LogP contribution is -3.18. The van der Waals surface area contributed by atoms with Gasteiger partial charge in [-0.15, -0.1) is 0 Å². The van der Waals surface area contributed by atoms with E-state index in [1.165, 1.54) is 0 Å². The van der Waals surface area contributed by atoms with E-state index in [1.807, 2.05) is 0 Å². The van der Waals surface area contributed by atoms with Gasteiger partial charge in [0.15, 0.2) is 6.04 Å². The molecule has 0 unspecified atom stereocenters. The molecule has 0 aromatic rings. The Morgan fingerprint density at radius 3 is 2.65 bits per heavy atom. The number of carboxylic acid groups (broad SMARTS) is 1. The van der Waals surface area contributed by atoms with Crippen LogP contribution in [-0.4, -0.2) is 63.6 Å². The fourth-order valence-electron chi connectivity index (χ4n) is 2.59. The van der Waals surface area contributed by atoms with Crippen molar-refractivity contribution in [1.29, 1.82) is 0 Å². The molecule has 2 saturated heterocycles. The Bertz CT molecular complexity index is 336. The molecule has 2 aliphatic heterocycles. The minimum absolute atomic E-state index is 0.0535. The molecule has 7 heteroatoms. The van der Waals surface area contributed by atoms with E-state index in [9.17, 15) is 14.7 Å². The first-order chi connectivity index (χ1) is 9.66. The van der Waals surface area contributed by atoms with E-state index in [0.717, 1.165) is 17.7 Å². The highest BCUT2D eigenvalue weighted by Gasteiger charge is 2.33. The van der Waals surface area contributed by atoms with Crippen molar-refractivity contribution < 1.29 is 33.8 Å². The third kappa shape index (κ3) is 4.43. The van der Waals surface area contributed by atoms with E-state index in [4.69, 9.17) is 14.2 Å². The number of carbonyl (C=O) groups is 2. The van der Waals surface area contributed by atoms with Crippen LogP contribution in [0.4, 0.5) is 0 Å². The molecule has 2 atom stereocenters. The zero-order valence-electron chi connectivity index (χ0n) is 11.5. The van der Waals surface area contributed by atoms with Gasteiger partial charge in [-0.05, 0) is 12.8 Å². The third-order valence-corrected chi connectivity index (χ3v) is 3.72. The smallest absolute Gasteiger partial charge is 0.365 e. The highest BCUT2D eigenvalue weighted by atomic mass is 16.6. The number of carbonyl (C=O) groups excluding carboxylic acids is 2.